The zero-order valence-corrected chi connectivity index (χ0v) is 12.8. The van der Waals surface area contributed by atoms with E-state index < -0.39 is 0 Å². The highest BCUT2D eigenvalue weighted by Gasteiger charge is 2.07. The lowest BCUT2D eigenvalue weighted by Gasteiger charge is -2.14. The van der Waals surface area contributed by atoms with Gasteiger partial charge in [-0.05, 0) is 36.4 Å². The summed E-state index contributed by atoms with van der Waals surface area (Å²) in [6, 6.07) is 7.91. The molecule has 4 heteroatoms. The third-order valence-corrected chi connectivity index (χ3v) is 4.27. The molecule has 0 saturated carbocycles. The molecule has 0 radical (unpaired) electrons. The molecule has 1 aliphatic heterocycles. The number of carbonyl (C=O) groups is 1. The largest absolute Gasteiger partial charge is 0.348 e. The van der Waals surface area contributed by atoms with Gasteiger partial charge in [0.2, 0.25) is 0 Å². The van der Waals surface area contributed by atoms with Crippen LogP contribution in [0.4, 0.5) is 0 Å². The Morgan fingerprint density at radius 1 is 1.35 bits per heavy atom. The average molecular weight is 290 g/mol. The first-order chi connectivity index (χ1) is 9.79. The molecule has 0 spiro atoms. The van der Waals surface area contributed by atoms with Gasteiger partial charge in [-0.25, -0.2) is 0 Å². The lowest BCUT2D eigenvalue weighted by atomic mass is 10.1. The topological polar surface area (TPSA) is 41.1 Å². The summed E-state index contributed by atoms with van der Waals surface area (Å²) in [7, 11) is 0. The molecular formula is C16H22N2OS. The fourth-order valence-corrected chi connectivity index (χ4v) is 2.73. The van der Waals surface area contributed by atoms with E-state index in [1.54, 1.807) is 0 Å². The number of thioether (sulfide) groups is 1. The molecule has 0 aromatic heterocycles. The van der Waals surface area contributed by atoms with E-state index in [-0.39, 0.29) is 5.91 Å². The van der Waals surface area contributed by atoms with Gasteiger partial charge < -0.3 is 10.6 Å². The Balaban J connectivity index is 1.84. The highest BCUT2D eigenvalue weighted by Crippen LogP contribution is 2.12. The molecule has 2 N–H and O–H groups in total. The van der Waals surface area contributed by atoms with Crippen LogP contribution >= 0.6 is 11.8 Å². The van der Waals surface area contributed by atoms with Crippen LogP contribution in [-0.4, -0.2) is 31.3 Å². The molecule has 1 aliphatic rings. The Labute approximate surface area is 125 Å². The molecule has 1 amide bonds. The monoisotopic (exact) mass is 290 g/mol. The van der Waals surface area contributed by atoms with Gasteiger partial charge in [-0.2, -0.15) is 11.8 Å². The van der Waals surface area contributed by atoms with Crippen LogP contribution < -0.4 is 10.6 Å². The van der Waals surface area contributed by atoms with Crippen molar-refractivity contribution in [3.05, 3.63) is 47.0 Å². The van der Waals surface area contributed by atoms with E-state index in [4.69, 9.17) is 0 Å². The van der Waals surface area contributed by atoms with Gasteiger partial charge in [-0.3, -0.25) is 4.79 Å². The third kappa shape index (κ3) is 4.69. The molecule has 1 aromatic rings. The summed E-state index contributed by atoms with van der Waals surface area (Å²) in [5.41, 5.74) is 3.33. The quantitative estimate of drug-likeness (QED) is 0.791. The van der Waals surface area contributed by atoms with Crippen molar-refractivity contribution in [2.45, 2.75) is 19.1 Å². The van der Waals surface area contributed by atoms with Gasteiger partial charge in [-0.15, -0.1) is 0 Å². The van der Waals surface area contributed by atoms with Crippen molar-refractivity contribution in [3.8, 4) is 0 Å². The maximum atomic E-state index is 12.1. The Morgan fingerprint density at radius 3 is 2.80 bits per heavy atom. The standard InChI is InChI=1S/C16H22N2OS/c1-2-20-12-14-3-5-15(6-4-14)16(19)18-11-13-7-9-17-10-8-13/h3-7,17H,2,8-12H2,1H3,(H,18,19). The lowest BCUT2D eigenvalue weighted by molar-refractivity contribution is 0.0956. The van der Waals surface area contributed by atoms with Gasteiger partial charge in [0.25, 0.3) is 5.91 Å². The molecule has 0 bridgehead atoms. The van der Waals surface area contributed by atoms with Gasteiger partial charge in [0, 0.05) is 24.4 Å². The summed E-state index contributed by atoms with van der Waals surface area (Å²) >= 11 is 1.89. The Hall–Kier alpha value is -1.26. The first-order valence-corrected chi connectivity index (χ1v) is 8.28. The van der Waals surface area contributed by atoms with E-state index in [1.807, 2.05) is 36.0 Å². The second-order valence-corrected chi connectivity index (χ2v) is 6.11. The summed E-state index contributed by atoms with van der Waals surface area (Å²) in [6.07, 6.45) is 3.18. The fraction of sp³-hybridized carbons (Fsp3) is 0.438. The van der Waals surface area contributed by atoms with Crippen molar-refractivity contribution in [1.29, 1.82) is 0 Å². The van der Waals surface area contributed by atoms with Crippen LogP contribution in [-0.2, 0) is 5.75 Å². The fourth-order valence-electron chi connectivity index (χ4n) is 2.10. The van der Waals surface area contributed by atoms with Crippen molar-refractivity contribution in [3.63, 3.8) is 0 Å². The number of amides is 1. The molecule has 0 saturated heterocycles. The van der Waals surface area contributed by atoms with Crippen molar-refractivity contribution in [2.24, 2.45) is 0 Å². The lowest BCUT2D eigenvalue weighted by Crippen LogP contribution is -2.29. The Morgan fingerprint density at radius 2 is 2.15 bits per heavy atom. The van der Waals surface area contributed by atoms with Gasteiger partial charge in [0.05, 0.1) is 0 Å². The van der Waals surface area contributed by atoms with Crippen molar-refractivity contribution in [2.75, 3.05) is 25.4 Å². The average Bonchev–Trinajstić information content (AvgIpc) is 2.52. The van der Waals surface area contributed by atoms with Crippen molar-refractivity contribution < 1.29 is 4.79 Å². The minimum atomic E-state index is 0.0131. The number of hydrogen-bond donors (Lipinski definition) is 2. The summed E-state index contributed by atoms with van der Waals surface area (Å²) in [5, 5.41) is 6.26. The van der Waals surface area contributed by atoms with E-state index in [0.29, 0.717) is 6.54 Å². The first-order valence-electron chi connectivity index (χ1n) is 7.13. The van der Waals surface area contributed by atoms with Crippen LogP contribution in [0.5, 0.6) is 0 Å². The Bertz CT molecular complexity index is 468. The molecule has 108 valence electrons. The number of nitrogens with one attached hydrogen (secondary N) is 2. The molecule has 1 aromatic carbocycles. The van der Waals surface area contributed by atoms with E-state index in [0.717, 1.165) is 36.6 Å². The minimum Gasteiger partial charge on any atom is -0.348 e. The van der Waals surface area contributed by atoms with Crippen LogP contribution in [0.15, 0.2) is 35.9 Å². The number of rotatable bonds is 6. The van der Waals surface area contributed by atoms with E-state index in [1.165, 1.54) is 11.1 Å². The van der Waals surface area contributed by atoms with E-state index in [9.17, 15) is 4.79 Å². The molecule has 3 nitrogen and oxygen atoms in total. The van der Waals surface area contributed by atoms with Gasteiger partial charge in [0.1, 0.15) is 0 Å². The third-order valence-electron chi connectivity index (χ3n) is 3.32. The molecule has 2 rings (SSSR count). The molecule has 0 unspecified atom stereocenters. The summed E-state index contributed by atoms with van der Waals surface area (Å²) in [4.78, 5) is 12.1. The maximum absolute atomic E-state index is 12.1. The van der Waals surface area contributed by atoms with E-state index in [2.05, 4.69) is 23.6 Å². The molecule has 20 heavy (non-hydrogen) atoms. The van der Waals surface area contributed by atoms with Crippen LogP contribution in [0, 0.1) is 0 Å². The maximum Gasteiger partial charge on any atom is 0.251 e. The number of hydrogen-bond acceptors (Lipinski definition) is 3. The summed E-state index contributed by atoms with van der Waals surface area (Å²) in [5.74, 6) is 2.14. The van der Waals surface area contributed by atoms with Gasteiger partial charge >= 0.3 is 0 Å². The second kappa shape index (κ2) is 8.12. The molecule has 0 atom stereocenters. The zero-order chi connectivity index (χ0) is 14.2. The van der Waals surface area contributed by atoms with Crippen LogP contribution in [0.1, 0.15) is 29.3 Å². The van der Waals surface area contributed by atoms with Gasteiger partial charge in [0.15, 0.2) is 0 Å². The van der Waals surface area contributed by atoms with E-state index >= 15 is 0 Å². The van der Waals surface area contributed by atoms with Crippen LogP contribution in [0.25, 0.3) is 0 Å². The minimum absolute atomic E-state index is 0.0131. The van der Waals surface area contributed by atoms with Gasteiger partial charge in [-0.1, -0.05) is 30.7 Å². The molecule has 0 fully saturated rings. The predicted octanol–water partition coefficient (Wildman–Crippen LogP) is 2.59. The molecular weight excluding hydrogens is 268 g/mol. The first kappa shape index (κ1) is 15.1. The van der Waals surface area contributed by atoms with Crippen molar-refractivity contribution in [1.82, 2.24) is 10.6 Å². The normalized spacial score (nSPS) is 14.8. The number of benzene rings is 1. The molecule has 0 aliphatic carbocycles. The highest BCUT2D eigenvalue weighted by molar-refractivity contribution is 7.98. The predicted molar refractivity (Wildman–Crippen MR) is 86.2 cm³/mol. The zero-order valence-electron chi connectivity index (χ0n) is 11.9. The molecule has 1 heterocycles. The Kier molecular flexibility index (Phi) is 6.15. The second-order valence-electron chi connectivity index (χ2n) is 4.83. The van der Waals surface area contributed by atoms with Crippen LogP contribution in [0.3, 0.4) is 0 Å². The summed E-state index contributed by atoms with van der Waals surface area (Å²) < 4.78 is 0. The van der Waals surface area contributed by atoms with Crippen molar-refractivity contribution >= 4 is 17.7 Å². The SMILES string of the molecule is CCSCc1ccc(C(=O)NCC2=CCNCC2)cc1. The summed E-state index contributed by atoms with van der Waals surface area (Å²) in [6.45, 7) is 4.73. The highest BCUT2D eigenvalue weighted by atomic mass is 32.2. The van der Waals surface area contributed by atoms with Crippen LogP contribution in [0.2, 0.25) is 0 Å². The smallest absolute Gasteiger partial charge is 0.251 e. The number of carbonyl (C=O) groups excluding carboxylic acids is 1.